The molecule has 0 fully saturated rings. The summed E-state index contributed by atoms with van der Waals surface area (Å²) in [5, 5.41) is 10.7. The van der Waals surface area contributed by atoms with Crippen LogP contribution in [0.25, 0.3) is 5.69 Å². The monoisotopic (exact) mass is 504 g/mol. The fraction of sp³-hybridized carbons (Fsp3) is 0.348. The molecule has 1 atom stereocenters. The maximum atomic E-state index is 13.1. The number of halogens is 2. The van der Waals surface area contributed by atoms with Crippen molar-refractivity contribution in [2.45, 2.75) is 33.1 Å². The number of hydrogen-bond donors (Lipinski definition) is 1. The van der Waals surface area contributed by atoms with E-state index in [0.29, 0.717) is 5.75 Å². The minimum absolute atomic E-state index is 0.0468. The summed E-state index contributed by atoms with van der Waals surface area (Å²) in [6, 6.07) is 10.4. The second-order valence-corrected chi connectivity index (χ2v) is 8.85. The van der Waals surface area contributed by atoms with Crippen LogP contribution in [0.2, 0.25) is 0 Å². The van der Waals surface area contributed by atoms with E-state index >= 15 is 0 Å². The summed E-state index contributed by atoms with van der Waals surface area (Å²) < 4.78 is 38.9. The maximum Gasteiger partial charge on any atom is 0.387 e. The summed E-state index contributed by atoms with van der Waals surface area (Å²) >= 11 is 1.69. The number of alkyl halides is 2. The average molecular weight is 505 g/mol. The number of nitrogens with one attached hydrogen (secondary N) is 1. The van der Waals surface area contributed by atoms with E-state index in [9.17, 15) is 13.6 Å². The number of hydrogen-bond acceptors (Lipinski definition) is 8. The Morgan fingerprint density at radius 3 is 2.51 bits per heavy atom. The Labute approximate surface area is 205 Å². The molecule has 0 saturated heterocycles. The third kappa shape index (κ3) is 4.89. The molecule has 4 rings (SSSR count). The number of benzene rings is 2. The van der Waals surface area contributed by atoms with Crippen LogP contribution >= 0.6 is 11.8 Å². The van der Waals surface area contributed by atoms with Crippen molar-refractivity contribution in [2.24, 2.45) is 7.05 Å². The van der Waals surface area contributed by atoms with Gasteiger partial charge in [-0.1, -0.05) is 18.2 Å². The van der Waals surface area contributed by atoms with Gasteiger partial charge in [0.25, 0.3) is 0 Å². The van der Waals surface area contributed by atoms with E-state index in [0.717, 1.165) is 20.5 Å². The molecule has 0 saturated carbocycles. The molecule has 1 N–H and O–H groups in total. The van der Waals surface area contributed by atoms with Gasteiger partial charge in [0, 0.05) is 14.1 Å². The van der Waals surface area contributed by atoms with Gasteiger partial charge in [0.1, 0.15) is 18.1 Å². The lowest BCUT2D eigenvalue weighted by Crippen LogP contribution is -2.29. The van der Waals surface area contributed by atoms with Crippen LogP contribution in [0, 0.1) is 6.92 Å². The van der Waals surface area contributed by atoms with E-state index in [-0.39, 0.29) is 29.6 Å². The van der Waals surface area contributed by atoms with Gasteiger partial charge >= 0.3 is 12.3 Å². The van der Waals surface area contributed by atoms with Crippen LogP contribution in [-0.4, -0.2) is 44.7 Å². The van der Waals surface area contributed by atoms with Crippen molar-refractivity contribution in [1.82, 2.24) is 30.2 Å². The highest BCUT2D eigenvalue weighted by Crippen LogP contribution is 2.37. The molecule has 0 radical (unpaired) electrons. The smallest absolute Gasteiger partial charge is 0.387 e. The third-order valence-corrected chi connectivity index (χ3v) is 6.75. The molecule has 12 heteroatoms. The Hall–Kier alpha value is -3.38. The number of aryl methyl sites for hydroxylation is 2. The molecule has 9 nitrogen and oxygen atoms in total. The van der Waals surface area contributed by atoms with Crippen LogP contribution in [0.15, 0.2) is 51.8 Å². The molecular formula is C23H26F2N6O3S. The highest BCUT2D eigenvalue weighted by molar-refractivity contribution is 8.02. The molecule has 1 unspecified atom stereocenters. The first-order valence-electron chi connectivity index (χ1n) is 10.7. The fourth-order valence-corrected chi connectivity index (χ4v) is 4.86. The molecule has 1 aliphatic heterocycles. The summed E-state index contributed by atoms with van der Waals surface area (Å²) in [5.74, 6) is 0.476. The zero-order valence-corrected chi connectivity index (χ0v) is 20.8. The molecule has 0 spiro atoms. The molecule has 0 amide bonds. The second-order valence-electron chi connectivity index (χ2n) is 8.06. The zero-order valence-electron chi connectivity index (χ0n) is 20.0. The van der Waals surface area contributed by atoms with Crippen LogP contribution in [-0.2, 0) is 13.7 Å². The number of aromatic nitrogens is 4. The van der Waals surface area contributed by atoms with Crippen LogP contribution in [0.4, 0.5) is 8.78 Å². The molecule has 1 aromatic heterocycles. The lowest BCUT2D eigenvalue weighted by atomic mass is 10.00. The van der Waals surface area contributed by atoms with E-state index in [4.69, 9.17) is 9.47 Å². The lowest BCUT2D eigenvalue weighted by molar-refractivity contribution is -0.0508. The van der Waals surface area contributed by atoms with Gasteiger partial charge in [0.15, 0.2) is 0 Å². The highest BCUT2D eigenvalue weighted by Gasteiger charge is 2.27. The first-order valence-corrected chi connectivity index (χ1v) is 12.0. The maximum absolute atomic E-state index is 13.1. The Balaban J connectivity index is 1.63. The van der Waals surface area contributed by atoms with E-state index in [1.54, 1.807) is 17.8 Å². The zero-order chi connectivity index (χ0) is 25.3. The Morgan fingerprint density at radius 2 is 1.91 bits per heavy atom. The predicted molar refractivity (Wildman–Crippen MR) is 129 cm³/mol. The molecular weight excluding hydrogens is 478 g/mol. The Kier molecular flexibility index (Phi) is 7.13. The summed E-state index contributed by atoms with van der Waals surface area (Å²) in [6.07, 6.45) is 2.04. The van der Waals surface area contributed by atoms with Crippen molar-refractivity contribution >= 4 is 11.8 Å². The van der Waals surface area contributed by atoms with Gasteiger partial charge in [-0.25, -0.2) is 10.2 Å². The lowest BCUT2D eigenvalue weighted by Gasteiger charge is -2.19. The molecule has 1 aliphatic rings. The second kappa shape index (κ2) is 10.1. The van der Waals surface area contributed by atoms with E-state index in [1.165, 1.54) is 29.8 Å². The molecule has 0 aliphatic carbocycles. The van der Waals surface area contributed by atoms with Crippen molar-refractivity contribution in [3.8, 4) is 17.2 Å². The Bertz CT molecular complexity index is 1320. The summed E-state index contributed by atoms with van der Waals surface area (Å²) in [7, 11) is 3.43. The molecule has 2 aromatic carbocycles. The summed E-state index contributed by atoms with van der Waals surface area (Å²) in [6.45, 7) is 0.856. The SMILES string of the molecule is CSC1=C(C)C(c2ccc(OCc3c(OC(F)F)cccc3-n3nnn(C)c3=O)c(C)c2)NN1C. The Morgan fingerprint density at radius 1 is 1.14 bits per heavy atom. The molecule has 35 heavy (non-hydrogen) atoms. The molecule has 3 aromatic rings. The normalized spacial score (nSPS) is 15.9. The van der Waals surface area contributed by atoms with Gasteiger partial charge in [-0.05, 0) is 65.4 Å². The number of thioether (sulfide) groups is 1. The fourth-order valence-electron chi connectivity index (χ4n) is 4.09. The first-order chi connectivity index (χ1) is 16.7. The first kappa shape index (κ1) is 24.7. The summed E-state index contributed by atoms with van der Waals surface area (Å²) in [4.78, 5) is 12.4. The van der Waals surface area contributed by atoms with Crippen LogP contribution in [0.1, 0.15) is 29.7 Å². The van der Waals surface area contributed by atoms with Gasteiger partial charge in [-0.3, -0.25) is 0 Å². The minimum atomic E-state index is -3.04. The highest BCUT2D eigenvalue weighted by atomic mass is 32.2. The number of tetrazole rings is 1. The van der Waals surface area contributed by atoms with Gasteiger partial charge in [0.05, 0.1) is 22.3 Å². The van der Waals surface area contributed by atoms with Gasteiger partial charge in [-0.15, -0.1) is 11.8 Å². The number of ether oxygens (including phenoxy) is 2. The van der Waals surface area contributed by atoms with Crippen molar-refractivity contribution in [2.75, 3.05) is 13.3 Å². The van der Waals surface area contributed by atoms with Gasteiger partial charge in [0.2, 0.25) is 0 Å². The van der Waals surface area contributed by atoms with E-state index in [2.05, 4.69) is 22.8 Å². The van der Waals surface area contributed by atoms with Crippen molar-refractivity contribution < 1.29 is 18.3 Å². The van der Waals surface area contributed by atoms with Gasteiger partial charge < -0.3 is 14.5 Å². The predicted octanol–water partition coefficient (Wildman–Crippen LogP) is 3.54. The van der Waals surface area contributed by atoms with E-state index < -0.39 is 12.3 Å². The van der Waals surface area contributed by atoms with Crippen molar-refractivity contribution in [3.63, 3.8) is 0 Å². The third-order valence-electron chi connectivity index (χ3n) is 5.77. The standard InChI is InChI=1S/C23H26F2N6O3S/c1-13-11-15(20-14(2)21(35-5)29(3)26-20)9-10-18(13)33-12-16-17(31-23(32)30(4)27-28-31)7-6-8-19(16)34-22(24)25/h6-11,20,22,26H,12H2,1-5H3. The minimum Gasteiger partial charge on any atom is -0.488 e. The average Bonchev–Trinajstić information content (AvgIpc) is 3.30. The van der Waals surface area contributed by atoms with Crippen LogP contribution in [0.5, 0.6) is 11.5 Å². The van der Waals surface area contributed by atoms with Crippen LogP contribution in [0.3, 0.4) is 0 Å². The quantitative estimate of drug-likeness (QED) is 0.499. The number of hydrazine groups is 1. The molecule has 2 heterocycles. The topological polar surface area (TPSA) is 86.4 Å². The number of nitrogens with zero attached hydrogens (tertiary/aromatic N) is 5. The van der Waals surface area contributed by atoms with Crippen molar-refractivity contribution in [3.05, 3.63) is 74.2 Å². The molecule has 186 valence electrons. The number of rotatable bonds is 8. The van der Waals surface area contributed by atoms with Gasteiger partial charge in [-0.2, -0.15) is 18.1 Å². The van der Waals surface area contributed by atoms with Crippen LogP contribution < -0.4 is 20.6 Å². The molecule has 0 bridgehead atoms. The largest absolute Gasteiger partial charge is 0.488 e. The van der Waals surface area contributed by atoms with E-state index in [1.807, 2.05) is 43.4 Å². The summed E-state index contributed by atoms with van der Waals surface area (Å²) in [5.41, 5.74) is 6.61. The van der Waals surface area contributed by atoms with Crippen molar-refractivity contribution in [1.29, 1.82) is 0 Å².